The molecule has 0 aromatic heterocycles. The quantitative estimate of drug-likeness (QED) is 0.878. The highest BCUT2D eigenvalue weighted by molar-refractivity contribution is 5.94. The summed E-state index contributed by atoms with van der Waals surface area (Å²) in [7, 11) is 0. The summed E-state index contributed by atoms with van der Waals surface area (Å²) in [6.07, 6.45) is 3.77. The minimum Gasteiger partial charge on any atom is -0.391 e. The second kappa shape index (κ2) is 6.15. The molecule has 0 radical (unpaired) electrons. The molecular formula is C15H20FNO2. The van der Waals surface area contributed by atoms with Gasteiger partial charge in [-0.2, -0.15) is 0 Å². The Balaban J connectivity index is 1.90. The maximum atomic E-state index is 13.6. The molecular weight excluding hydrogens is 245 g/mol. The monoisotopic (exact) mass is 265 g/mol. The standard InChI is InChI=1S/C15H20FNO2/c1-10-6-7-12(13(16)8-10)15(19)17-9-14(18)11-4-2-3-5-11/h6-8,11,14,18H,2-5,9H2,1H3,(H,17,19). The number of carbonyl (C=O) groups is 1. The molecule has 1 aromatic rings. The number of benzene rings is 1. The number of carbonyl (C=O) groups excluding carboxylic acids is 1. The average molecular weight is 265 g/mol. The molecule has 1 amide bonds. The van der Waals surface area contributed by atoms with Crippen molar-refractivity contribution in [1.82, 2.24) is 5.32 Å². The summed E-state index contributed by atoms with van der Waals surface area (Å²) < 4.78 is 13.6. The van der Waals surface area contributed by atoms with E-state index >= 15 is 0 Å². The van der Waals surface area contributed by atoms with Crippen LogP contribution in [0.4, 0.5) is 4.39 Å². The molecule has 0 spiro atoms. The van der Waals surface area contributed by atoms with Crippen LogP contribution in [0.25, 0.3) is 0 Å². The average Bonchev–Trinajstić information content (AvgIpc) is 2.89. The highest BCUT2D eigenvalue weighted by Crippen LogP contribution is 2.27. The topological polar surface area (TPSA) is 49.3 Å². The molecule has 2 N–H and O–H groups in total. The molecule has 0 bridgehead atoms. The van der Waals surface area contributed by atoms with Gasteiger partial charge >= 0.3 is 0 Å². The lowest BCUT2D eigenvalue weighted by atomic mass is 10.0. The van der Waals surface area contributed by atoms with Gasteiger partial charge in [0.2, 0.25) is 0 Å². The first-order valence-corrected chi connectivity index (χ1v) is 6.80. The molecule has 1 atom stereocenters. The molecule has 1 aliphatic rings. The summed E-state index contributed by atoms with van der Waals surface area (Å²) >= 11 is 0. The Morgan fingerprint density at radius 1 is 1.47 bits per heavy atom. The van der Waals surface area contributed by atoms with Crippen LogP contribution < -0.4 is 5.32 Å². The summed E-state index contributed by atoms with van der Waals surface area (Å²) in [6, 6.07) is 4.51. The largest absolute Gasteiger partial charge is 0.391 e. The predicted octanol–water partition coefficient (Wildman–Crippen LogP) is 2.42. The van der Waals surface area contributed by atoms with E-state index < -0.39 is 17.8 Å². The van der Waals surface area contributed by atoms with Crippen molar-refractivity contribution in [1.29, 1.82) is 0 Å². The maximum Gasteiger partial charge on any atom is 0.254 e. The first-order chi connectivity index (χ1) is 9.08. The number of amides is 1. The van der Waals surface area contributed by atoms with E-state index in [0.717, 1.165) is 31.2 Å². The van der Waals surface area contributed by atoms with Crippen molar-refractivity contribution in [3.05, 3.63) is 35.1 Å². The number of halogens is 1. The van der Waals surface area contributed by atoms with Crippen LogP contribution in [0.3, 0.4) is 0 Å². The highest BCUT2D eigenvalue weighted by Gasteiger charge is 2.23. The Morgan fingerprint density at radius 3 is 2.79 bits per heavy atom. The third-order valence-corrected chi connectivity index (χ3v) is 3.78. The van der Waals surface area contributed by atoms with Crippen molar-refractivity contribution < 1.29 is 14.3 Å². The Hall–Kier alpha value is -1.42. The molecule has 3 nitrogen and oxygen atoms in total. The van der Waals surface area contributed by atoms with E-state index in [-0.39, 0.29) is 18.0 Å². The van der Waals surface area contributed by atoms with Gasteiger partial charge < -0.3 is 10.4 Å². The van der Waals surface area contributed by atoms with Gasteiger partial charge in [0, 0.05) is 6.54 Å². The second-order valence-electron chi connectivity index (χ2n) is 5.31. The molecule has 1 fully saturated rings. The van der Waals surface area contributed by atoms with E-state index in [1.54, 1.807) is 13.0 Å². The summed E-state index contributed by atoms with van der Waals surface area (Å²) in [4.78, 5) is 11.8. The highest BCUT2D eigenvalue weighted by atomic mass is 19.1. The third kappa shape index (κ3) is 3.53. The van der Waals surface area contributed by atoms with E-state index in [2.05, 4.69) is 5.32 Å². The fourth-order valence-corrected chi connectivity index (χ4v) is 2.61. The van der Waals surface area contributed by atoms with Gasteiger partial charge in [-0.1, -0.05) is 18.9 Å². The van der Waals surface area contributed by atoms with Gasteiger partial charge in [0.05, 0.1) is 11.7 Å². The molecule has 4 heteroatoms. The van der Waals surface area contributed by atoms with Crippen LogP contribution in [0.1, 0.15) is 41.6 Å². The number of hydrogen-bond donors (Lipinski definition) is 2. The smallest absolute Gasteiger partial charge is 0.254 e. The molecule has 0 saturated heterocycles. The first kappa shape index (κ1) is 14.0. The molecule has 19 heavy (non-hydrogen) atoms. The number of nitrogens with one attached hydrogen (secondary N) is 1. The van der Waals surface area contributed by atoms with Crippen molar-refractivity contribution in [3.63, 3.8) is 0 Å². The minimum absolute atomic E-state index is 0.0317. The zero-order chi connectivity index (χ0) is 13.8. The number of aliphatic hydroxyl groups is 1. The fraction of sp³-hybridized carbons (Fsp3) is 0.533. The minimum atomic E-state index is -0.528. The Morgan fingerprint density at radius 2 is 2.16 bits per heavy atom. The lowest BCUT2D eigenvalue weighted by Gasteiger charge is -2.18. The zero-order valence-corrected chi connectivity index (χ0v) is 11.2. The van der Waals surface area contributed by atoms with E-state index in [9.17, 15) is 14.3 Å². The lowest BCUT2D eigenvalue weighted by Crippen LogP contribution is -2.35. The van der Waals surface area contributed by atoms with Crippen LogP contribution in [0, 0.1) is 18.7 Å². The zero-order valence-electron chi connectivity index (χ0n) is 11.2. The van der Waals surface area contributed by atoms with Crippen LogP contribution in [0.5, 0.6) is 0 Å². The first-order valence-electron chi connectivity index (χ1n) is 6.80. The Kier molecular flexibility index (Phi) is 4.53. The fourth-order valence-electron chi connectivity index (χ4n) is 2.61. The summed E-state index contributed by atoms with van der Waals surface area (Å²) in [6.45, 7) is 1.96. The Bertz CT molecular complexity index is 455. The normalized spacial score (nSPS) is 17.4. The molecule has 0 aliphatic heterocycles. The van der Waals surface area contributed by atoms with Crippen molar-refractivity contribution >= 4 is 5.91 Å². The van der Waals surface area contributed by atoms with Gasteiger partial charge in [-0.15, -0.1) is 0 Å². The van der Waals surface area contributed by atoms with E-state index in [0.29, 0.717) is 0 Å². The Labute approximate surface area is 112 Å². The van der Waals surface area contributed by atoms with Crippen LogP contribution >= 0.6 is 0 Å². The number of hydrogen-bond acceptors (Lipinski definition) is 2. The molecule has 1 aromatic carbocycles. The van der Waals surface area contributed by atoms with E-state index in [4.69, 9.17) is 0 Å². The molecule has 0 heterocycles. The summed E-state index contributed by atoms with van der Waals surface area (Å²) in [5.41, 5.74) is 0.810. The molecule has 1 unspecified atom stereocenters. The van der Waals surface area contributed by atoms with Gasteiger partial charge in [-0.05, 0) is 43.4 Å². The van der Waals surface area contributed by atoms with Crippen molar-refractivity contribution in [3.8, 4) is 0 Å². The van der Waals surface area contributed by atoms with Crippen LogP contribution in [-0.2, 0) is 0 Å². The molecule has 1 aliphatic carbocycles. The van der Waals surface area contributed by atoms with Gasteiger partial charge in [0.25, 0.3) is 5.91 Å². The van der Waals surface area contributed by atoms with E-state index in [1.165, 1.54) is 12.1 Å². The van der Waals surface area contributed by atoms with Gasteiger partial charge in [0.1, 0.15) is 5.82 Å². The summed E-state index contributed by atoms with van der Waals surface area (Å²) in [5.74, 6) is -0.717. The number of aliphatic hydroxyl groups excluding tert-OH is 1. The third-order valence-electron chi connectivity index (χ3n) is 3.78. The van der Waals surface area contributed by atoms with E-state index in [1.807, 2.05) is 0 Å². The molecule has 1 saturated carbocycles. The van der Waals surface area contributed by atoms with Crippen molar-refractivity contribution in [2.75, 3.05) is 6.54 Å². The SMILES string of the molecule is Cc1ccc(C(=O)NCC(O)C2CCCC2)c(F)c1. The lowest BCUT2D eigenvalue weighted by molar-refractivity contribution is 0.0837. The van der Waals surface area contributed by atoms with Crippen molar-refractivity contribution in [2.24, 2.45) is 5.92 Å². The molecule has 2 rings (SSSR count). The van der Waals surface area contributed by atoms with Crippen molar-refractivity contribution in [2.45, 2.75) is 38.7 Å². The molecule has 104 valence electrons. The number of aryl methyl sites for hydroxylation is 1. The van der Waals surface area contributed by atoms with Gasteiger partial charge in [0.15, 0.2) is 0 Å². The van der Waals surface area contributed by atoms with Crippen LogP contribution in [-0.4, -0.2) is 23.7 Å². The van der Waals surface area contributed by atoms with Gasteiger partial charge in [-0.25, -0.2) is 4.39 Å². The number of rotatable bonds is 4. The van der Waals surface area contributed by atoms with Crippen LogP contribution in [0.15, 0.2) is 18.2 Å². The maximum absolute atomic E-state index is 13.6. The second-order valence-corrected chi connectivity index (χ2v) is 5.31. The van der Waals surface area contributed by atoms with Crippen LogP contribution in [0.2, 0.25) is 0 Å². The summed E-state index contributed by atoms with van der Waals surface area (Å²) in [5, 5.41) is 12.6. The van der Waals surface area contributed by atoms with Gasteiger partial charge in [-0.3, -0.25) is 4.79 Å². The predicted molar refractivity (Wildman–Crippen MR) is 71.4 cm³/mol.